The zero-order chi connectivity index (χ0) is 21.1. The van der Waals surface area contributed by atoms with Crippen LogP contribution >= 0.6 is 11.8 Å². The van der Waals surface area contributed by atoms with Crippen LogP contribution in [0.1, 0.15) is 15.9 Å². The Morgan fingerprint density at radius 2 is 1.87 bits per heavy atom. The van der Waals surface area contributed by atoms with Crippen molar-refractivity contribution >= 4 is 34.6 Å². The van der Waals surface area contributed by atoms with Crippen LogP contribution < -0.4 is 19.5 Å². The molecule has 1 unspecified atom stereocenters. The molecular weight excluding hydrogens is 402 g/mol. The highest BCUT2D eigenvalue weighted by Crippen LogP contribution is 2.38. The second-order valence-electron chi connectivity index (χ2n) is 6.58. The Bertz CT molecular complexity index is 1050. The van der Waals surface area contributed by atoms with E-state index in [1.807, 2.05) is 36.6 Å². The topological polar surface area (TPSA) is 81.5 Å². The normalized spacial score (nSPS) is 17.0. The molecule has 4 rings (SSSR count). The summed E-state index contributed by atoms with van der Waals surface area (Å²) in [6.07, 6.45) is 3.83. The molecule has 8 heteroatoms. The maximum absolute atomic E-state index is 12.9. The van der Waals surface area contributed by atoms with Crippen molar-refractivity contribution in [3.8, 4) is 17.2 Å². The van der Waals surface area contributed by atoms with E-state index in [0.717, 1.165) is 10.6 Å². The van der Waals surface area contributed by atoms with Crippen molar-refractivity contribution in [3.63, 3.8) is 0 Å². The highest BCUT2D eigenvalue weighted by Gasteiger charge is 2.26. The van der Waals surface area contributed by atoms with Gasteiger partial charge in [-0.2, -0.15) is 0 Å². The number of aliphatic imine (C=N–C) groups is 2. The lowest BCUT2D eigenvalue weighted by Crippen LogP contribution is -2.13. The summed E-state index contributed by atoms with van der Waals surface area (Å²) in [6, 6.07) is 11.0. The van der Waals surface area contributed by atoms with Crippen molar-refractivity contribution in [1.82, 2.24) is 0 Å². The third-order valence-electron chi connectivity index (χ3n) is 4.73. The zero-order valence-electron chi connectivity index (χ0n) is 16.8. The highest BCUT2D eigenvalue weighted by molar-refractivity contribution is 8.18. The van der Waals surface area contributed by atoms with E-state index in [1.165, 1.54) is 26.2 Å². The number of dihydropyridines is 1. The molecule has 2 heterocycles. The van der Waals surface area contributed by atoms with Crippen molar-refractivity contribution in [1.29, 1.82) is 0 Å². The van der Waals surface area contributed by atoms with E-state index in [9.17, 15) is 4.79 Å². The molecule has 0 aromatic heterocycles. The summed E-state index contributed by atoms with van der Waals surface area (Å²) in [7, 11) is 4.55. The maximum atomic E-state index is 12.9. The number of amides is 1. The van der Waals surface area contributed by atoms with Crippen LogP contribution in [0.4, 0.5) is 5.69 Å². The van der Waals surface area contributed by atoms with Gasteiger partial charge in [0.05, 0.1) is 27.9 Å². The smallest absolute Gasteiger partial charge is 0.255 e. The molecule has 1 atom stereocenters. The van der Waals surface area contributed by atoms with Gasteiger partial charge in [-0.1, -0.05) is 23.9 Å². The largest absolute Gasteiger partial charge is 0.493 e. The van der Waals surface area contributed by atoms with E-state index in [1.54, 1.807) is 23.9 Å². The van der Waals surface area contributed by atoms with Gasteiger partial charge in [0.25, 0.3) is 5.91 Å². The van der Waals surface area contributed by atoms with Crippen LogP contribution in [0.5, 0.6) is 17.2 Å². The van der Waals surface area contributed by atoms with E-state index in [0.29, 0.717) is 35.0 Å². The number of hydrogen-bond acceptors (Lipinski definition) is 7. The lowest BCUT2D eigenvalue weighted by molar-refractivity contribution is 0.102. The molecule has 154 valence electrons. The number of nitrogens with zero attached hydrogens (tertiary/aromatic N) is 2. The van der Waals surface area contributed by atoms with E-state index in [4.69, 9.17) is 19.2 Å². The summed E-state index contributed by atoms with van der Waals surface area (Å²) in [5.41, 5.74) is 2.03. The molecule has 1 N–H and O–H groups in total. The van der Waals surface area contributed by atoms with Crippen LogP contribution in [0.15, 0.2) is 57.4 Å². The number of nitrogens with one attached hydrogen (secondary N) is 1. The number of fused-ring (bicyclic) bond motifs is 1. The number of hydrogen-bond donors (Lipinski definition) is 1. The summed E-state index contributed by atoms with van der Waals surface area (Å²) in [5.74, 6) is 1.00. The van der Waals surface area contributed by atoms with Gasteiger partial charge in [-0.05, 0) is 30.3 Å². The maximum Gasteiger partial charge on any atom is 0.255 e. The summed E-state index contributed by atoms with van der Waals surface area (Å²) < 4.78 is 16.0. The van der Waals surface area contributed by atoms with Crippen LogP contribution in [0.3, 0.4) is 0 Å². The SMILES string of the molecule is COc1cc(C(=O)Nc2cccc(C3=NC4CN=CC=C4S3)c2)cc(OC)c1OC. The molecule has 0 fully saturated rings. The predicted molar refractivity (Wildman–Crippen MR) is 120 cm³/mol. The molecular formula is C22H21N3O4S. The van der Waals surface area contributed by atoms with Crippen LogP contribution in [0.25, 0.3) is 0 Å². The van der Waals surface area contributed by atoms with Crippen molar-refractivity contribution in [2.45, 2.75) is 6.04 Å². The fraction of sp³-hybridized carbons (Fsp3) is 0.227. The van der Waals surface area contributed by atoms with Gasteiger partial charge in [0.15, 0.2) is 11.5 Å². The van der Waals surface area contributed by atoms with Crippen molar-refractivity contribution < 1.29 is 19.0 Å². The van der Waals surface area contributed by atoms with Crippen LogP contribution in [-0.4, -0.2) is 51.1 Å². The first-order valence-corrected chi connectivity index (χ1v) is 10.1. The minimum absolute atomic E-state index is 0.104. The number of methoxy groups -OCH3 is 3. The molecule has 0 saturated heterocycles. The van der Waals surface area contributed by atoms with Gasteiger partial charge >= 0.3 is 0 Å². The first-order valence-electron chi connectivity index (χ1n) is 9.30. The van der Waals surface area contributed by atoms with Crippen LogP contribution in [0.2, 0.25) is 0 Å². The van der Waals surface area contributed by atoms with Crippen molar-refractivity contribution in [2.75, 3.05) is 33.2 Å². The molecule has 2 aliphatic rings. The number of ether oxygens (including phenoxy) is 3. The summed E-state index contributed by atoms with van der Waals surface area (Å²) in [4.78, 5) is 23.1. The molecule has 2 aromatic rings. The van der Waals surface area contributed by atoms with Crippen LogP contribution in [-0.2, 0) is 0 Å². The number of allylic oxidation sites excluding steroid dienone is 1. The van der Waals surface area contributed by atoms with E-state index in [2.05, 4.69) is 10.3 Å². The fourth-order valence-electron chi connectivity index (χ4n) is 3.25. The highest BCUT2D eigenvalue weighted by atomic mass is 32.2. The second-order valence-corrected chi connectivity index (χ2v) is 7.65. The average molecular weight is 423 g/mol. The third kappa shape index (κ3) is 3.91. The Hall–Kier alpha value is -3.26. The van der Waals surface area contributed by atoms with Crippen LogP contribution in [0, 0.1) is 0 Å². The standard InChI is InChI=1S/C22H21N3O4S/c1-27-17-10-14(11-18(28-2)20(17)29-3)21(26)24-15-6-4-5-13(9-15)22-25-16-12-23-8-7-19(16)30-22/h4-11,16H,12H2,1-3H3,(H,24,26). The summed E-state index contributed by atoms with van der Waals surface area (Å²) in [6.45, 7) is 0.680. The fourth-order valence-corrected chi connectivity index (χ4v) is 4.29. The quantitative estimate of drug-likeness (QED) is 0.764. The first-order chi connectivity index (χ1) is 14.6. The number of carbonyl (C=O) groups excluding carboxylic acids is 1. The van der Waals surface area contributed by atoms with Gasteiger partial charge in [0.2, 0.25) is 5.75 Å². The van der Waals surface area contributed by atoms with Gasteiger partial charge in [-0.25, -0.2) is 0 Å². The van der Waals surface area contributed by atoms with Gasteiger partial charge < -0.3 is 19.5 Å². The molecule has 2 aliphatic heterocycles. The zero-order valence-corrected chi connectivity index (χ0v) is 17.7. The van der Waals surface area contributed by atoms with Gasteiger partial charge in [0, 0.05) is 27.9 Å². The Balaban J connectivity index is 1.56. The summed E-state index contributed by atoms with van der Waals surface area (Å²) in [5, 5.41) is 3.86. The third-order valence-corrected chi connectivity index (χ3v) is 5.91. The minimum Gasteiger partial charge on any atom is -0.493 e. The predicted octanol–water partition coefficient (Wildman–Crippen LogP) is 3.80. The molecule has 2 aromatic carbocycles. The Morgan fingerprint density at radius 1 is 1.10 bits per heavy atom. The second kappa shape index (κ2) is 8.62. The van der Waals surface area contributed by atoms with E-state index < -0.39 is 0 Å². The van der Waals surface area contributed by atoms with Gasteiger partial charge in [0.1, 0.15) is 11.1 Å². The monoisotopic (exact) mass is 423 g/mol. The molecule has 0 saturated carbocycles. The number of carbonyl (C=O) groups is 1. The molecule has 30 heavy (non-hydrogen) atoms. The minimum atomic E-state index is -0.280. The summed E-state index contributed by atoms with van der Waals surface area (Å²) >= 11 is 1.65. The van der Waals surface area contributed by atoms with Gasteiger partial charge in [-0.3, -0.25) is 14.8 Å². The number of thioether (sulfide) groups is 1. The first kappa shape index (κ1) is 20.0. The Labute approximate surface area is 178 Å². The van der Waals surface area contributed by atoms with E-state index in [-0.39, 0.29) is 11.9 Å². The molecule has 7 nitrogen and oxygen atoms in total. The van der Waals surface area contributed by atoms with Crippen molar-refractivity contribution in [2.24, 2.45) is 9.98 Å². The average Bonchev–Trinajstić information content (AvgIpc) is 3.22. The number of anilines is 1. The molecule has 0 radical (unpaired) electrons. The molecule has 0 aliphatic carbocycles. The van der Waals surface area contributed by atoms with Crippen molar-refractivity contribution in [3.05, 3.63) is 58.5 Å². The molecule has 0 spiro atoms. The molecule has 0 bridgehead atoms. The van der Waals surface area contributed by atoms with E-state index >= 15 is 0 Å². The lowest BCUT2D eigenvalue weighted by Gasteiger charge is -2.14. The number of rotatable bonds is 6. The van der Waals surface area contributed by atoms with Gasteiger partial charge in [-0.15, -0.1) is 0 Å². The lowest BCUT2D eigenvalue weighted by atomic mass is 10.1. The number of benzene rings is 2. The molecule has 1 amide bonds. The Kier molecular flexibility index (Phi) is 5.76. The Morgan fingerprint density at radius 3 is 2.53 bits per heavy atom.